The Morgan fingerprint density at radius 2 is 1.74 bits per heavy atom. The molecule has 0 unspecified atom stereocenters. The molecule has 0 aliphatic carbocycles. The van der Waals surface area contributed by atoms with E-state index in [-0.39, 0.29) is 6.90 Å². The zero-order chi connectivity index (χ0) is 20.8. The van der Waals surface area contributed by atoms with E-state index in [2.05, 4.69) is 57.2 Å². The summed E-state index contributed by atoms with van der Waals surface area (Å²) in [5, 5.41) is 4.37. The van der Waals surface area contributed by atoms with Gasteiger partial charge in [0, 0.05) is 49.8 Å². The molecule has 0 saturated carbocycles. The van der Waals surface area contributed by atoms with Gasteiger partial charge >= 0.3 is 0 Å². The first-order valence-electron chi connectivity index (χ1n) is 9.97. The molecule has 1 saturated heterocycles. The van der Waals surface area contributed by atoms with Gasteiger partial charge in [-0.3, -0.25) is 0 Å². The molecule has 0 radical (unpaired) electrons. The van der Waals surface area contributed by atoms with Gasteiger partial charge < -0.3 is 26.0 Å². The van der Waals surface area contributed by atoms with Crippen LogP contribution in [0.3, 0.4) is 0 Å². The molecule has 2 aromatic carbocycles. The molecule has 0 atom stereocenters. The first-order valence-corrected chi connectivity index (χ1v) is 11.1. The lowest BCUT2D eigenvalue weighted by Gasteiger charge is -2.20. The fraction of sp³-hybridized carbons (Fsp3) is 0.217. The maximum Gasteiger partial charge on any atom is 0.229 e. The van der Waals surface area contributed by atoms with Gasteiger partial charge in [-0.1, -0.05) is 18.2 Å². The van der Waals surface area contributed by atoms with Crippen molar-refractivity contribution in [2.75, 3.05) is 42.7 Å². The van der Waals surface area contributed by atoms with Crippen LogP contribution in [0.1, 0.15) is 1.43 Å². The summed E-state index contributed by atoms with van der Waals surface area (Å²) in [6, 6.07) is 19.6. The number of hydrogen-bond donors (Lipinski definition) is 2. The van der Waals surface area contributed by atoms with Crippen LogP contribution in [0.15, 0.2) is 73.1 Å². The second-order valence-electron chi connectivity index (χ2n) is 7.15. The Hall–Kier alpha value is -3.07. The van der Waals surface area contributed by atoms with Gasteiger partial charge in [0.2, 0.25) is 5.95 Å². The van der Waals surface area contributed by atoms with Crippen LogP contribution in [-0.2, 0) is 0 Å². The molecule has 0 bridgehead atoms. The van der Waals surface area contributed by atoms with E-state index in [0.717, 1.165) is 22.7 Å². The highest BCUT2D eigenvalue weighted by molar-refractivity contribution is 7.99. The smallest absolute Gasteiger partial charge is 0.229 e. The first-order chi connectivity index (χ1) is 14.7. The van der Waals surface area contributed by atoms with Crippen molar-refractivity contribution in [3.05, 3.63) is 73.1 Å². The molecule has 164 valence electrons. The minimum atomic E-state index is 0. The third-order valence-electron chi connectivity index (χ3n) is 4.89. The molecule has 5 rings (SSSR count). The quantitative estimate of drug-likeness (QED) is 0.471. The first kappa shape index (κ1) is 22.6. The van der Waals surface area contributed by atoms with Crippen molar-refractivity contribution in [1.29, 1.82) is 0 Å². The highest BCUT2D eigenvalue weighted by atomic mass is 32.2. The Morgan fingerprint density at radius 3 is 2.45 bits per heavy atom. The SMILES string of the molecule is CN1CCSCC1.Nc1ccc(Nc2nccc(-n3ccc4ccccc43)n2)cc1.O.[HH]. The average molecular weight is 439 g/mol. The predicted octanol–water partition coefficient (Wildman–Crippen LogP) is 3.83. The average Bonchev–Trinajstić information content (AvgIpc) is 3.21. The zero-order valence-electron chi connectivity index (χ0n) is 17.5. The normalized spacial score (nSPS) is 13.7. The lowest BCUT2D eigenvalue weighted by molar-refractivity contribution is 0.372. The second kappa shape index (κ2) is 10.8. The topological polar surface area (TPSA) is 104 Å². The summed E-state index contributed by atoms with van der Waals surface area (Å²) in [6.45, 7) is 2.56. The summed E-state index contributed by atoms with van der Waals surface area (Å²) in [5.41, 5.74) is 8.44. The van der Waals surface area contributed by atoms with E-state index in [1.165, 1.54) is 30.0 Å². The zero-order valence-corrected chi connectivity index (χ0v) is 18.3. The largest absolute Gasteiger partial charge is 0.412 e. The van der Waals surface area contributed by atoms with E-state index < -0.39 is 0 Å². The van der Waals surface area contributed by atoms with E-state index in [1.807, 2.05) is 53.2 Å². The maximum atomic E-state index is 5.70. The lowest BCUT2D eigenvalue weighted by Crippen LogP contribution is -2.28. The molecule has 0 spiro atoms. The van der Waals surface area contributed by atoms with Crippen LogP contribution >= 0.6 is 11.8 Å². The number of aromatic nitrogens is 3. The number of thioether (sulfide) groups is 1. The number of nitrogens with one attached hydrogen (secondary N) is 1. The number of benzene rings is 2. The number of nitrogens with two attached hydrogens (primary N) is 1. The molecular formula is C23H30N6OS. The number of anilines is 3. The van der Waals surface area contributed by atoms with Crippen LogP contribution < -0.4 is 11.1 Å². The van der Waals surface area contributed by atoms with Crippen LogP contribution in [0, 0.1) is 0 Å². The van der Waals surface area contributed by atoms with Crippen LogP contribution in [0.25, 0.3) is 16.7 Å². The Kier molecular flexibility index (Phi) is 7.88. The maximum absolute atomic E-state index is 5.70. The summed E-state index contributed by atoms with van der Waals surface area (Å²) >= 11 is 2.06. The Balaban J connectivity index is 0.000000349. The summed E-state index contributed by atoms with van der Waals surface area (Å²) < 4.78 is 2.05. The van der Waals surface area contributed by atoms with E-state index in [9.17, 15) is 0 Å². The Bertz CT molecular complexity index is 1100. The molecule has 7 nitrogen and oxygen atoms in total. The summed E-state index contributed by atoms with van der Waals surface area (Å²) in [5.74, 6) is 4.02. The van der Waals surface area contributed by atoms with Gasteiger partial charge in [0.25, 0.3) is 0 Å². The van der Waals surface area contributed by atoms with Crippen molar-refractivity contribution in [2.45, 2.75) is 0 Å². The monoisotopic (exact) mass is 438 g/mol. The molecule has 8 heteroatoms. The third kappa shape index (κ3) is 5.97. The van der Waals surface area contributed by atoms with E-state index >= 15 is 0 Å². The van der Waals surface area contributed by atoms with Gasteiger partial charge in [0.05, 0.1) is 5.52 Å². The fourth-order valence-corrected chi connectivity index (χ4v) is 4.26. The molecule has 4 aromatic rings. The predicted molar refractivity (Wildman–Crippen MR) is 134 cm³/mol. The van der Waals surface area contributed by atoms with Gasteiger partial charge in [0.15, 0.2) is 0 Å². The summed E-state index contributed by atoms with van der Waals surface area (Å²) in [6.07, 6.45) is 3.76. The molecule has 1 aliphatic heterocycles. The number of rotatable bonds is 3. The van der Waals surface area contributed by atoms with E-state index in [1.54, 1.807) is 6.20 Å². The van der Waals surface area contributed by atoms with Crippen molar-refractivity contribution < 1.29 is 6.90 Å². The second-order valence-corrected chi connectivity index (χ2v) is 8.37. The summed E-state index contributed by atoms with van der Waals surface area (Å²) in [4.78, 5) is 11.2. The van der Waals surface area contributed by atoms with Crippen molar-refractivity contribution in [1.82, 2.24) is 19.4 Å². The van der Waals surface area contributed by atoms with Crippen molar-refractivity contribution in [2.24, 2.45) is 0 Å². The van der Waals surface area contributed by atoms with Gasteiger partial charge in [-0.25, -0.2) is 4.98 Å². The van der Waals surface area contributed by atoms with Gasteiger partial charge in [-0.15, -0.1) is 0 Å². The molecule has 31 heavy (non-hydrogen) atoms. The minimum Gasteiger partial charge on any atom is -0.412 e. The number of fused-ring (bicyclic) bond motifs is 1. The highest BCUT2D eigenvalue weighted by Gasteiger charge is 2.06. The van der Waals surface area contributed by atoms with Crippen molar-refractivity contribution in [3.8, 4) is 5.82 Å². The fourth-order valence-electron chi connectivity index (χ4n) is 3.18. The molecule has 3 heterocycles. The van der Waals surface area contributed by atoms with Gasteiger partial charge in [-0.05, 0) is 54.9 Å². The number of para-hydroxylation sites is 1. The number of nitrogen functional groups attached to an aromatic ring is 1. The third-order valence-corrected chi connectivity index (χ3v) is 5.83. The number of nitrogens with zero attached hydrogens (tertiary/aromatic N) is 4. The van der Waals surface area contributed by atoms with Gasteiger partial charge in [-0.2, -0.15) is 16.7 Å². The molecule has 1 aliphatic rings. The van der Waals surface area contributed by atoms with Crippen LogP contribution in [-0.4, -0.2) is 56.6 Å². The number of hydrogen-bond acceptors (Lipinski definition) is 6. The van der Waals surface area contributed by atoms with Crippen LogP contribution in [0.2, 0.25) is 0 Å². The lowest BCUT2D eigenvalue weighted by atomic mass is 10.2. The van der Waals surface area contributed by atoms with Crippen LogP contribution in [0.5, 0.6) is 0 Å². The molecule has 2 aromatic heterocycles. The van der Waals surface area contributed by atoms with Crippen LogP contribution in [0.4, 0.5) is 17.3 Å². The summed E-state index contributed by atoms with van der Waals surface area (Å²) in [7, 11) is 2.18. The minimum absolute atomic E-state index is 0. The Labute approximate surface area is 188 Å². The van der Waals surface area contributed by atoms with Crippen molar-refractivity contribution >= 4 is 40.0 Å². The highest BCUT2D eigenvalue weighted by Crippen LogP contribution is 2.20. The molecule has 0 amide bonds. The van der Waals surface area contributed by atoms with Crippen molar-refractivity contribution in [3.63, 3.8) is 0 Å². The Morgan fingerprint density at radius 1 is 1.00 bits per heavy atom. The molecular weight excluding hydrogens is 408 g/mol. The molecule has 5 N–H and O–H groups in total. The van der Waals surface area contributed by atoms with Gasteiger partial charge in [0.1, 0.15) is 5.82 Å². The van der Waals surface area contributed by atoms with E-state index in [4.69, 9.17) is 5.73 Å². The standard InChI is InChI=1S/C18H15N5.C5H11NS.H2O.H2/c19-14-5-7-15(8-6-14)21-18-20-11-9-17(22-18)23-12-10-13-3-1-2-4-16(13)23;1-6-2-4-7-5-3-6;;/h1-12H,19H2,(H,20,21,22);2-5H2,1H3;1H2;1H. The van der Waals surface area contributed by atoms with E-state index in [0.29, 0.717) is 5.95 Å². The molecule has 1 fully saturated rings.